The van der Waals surface area contributed by atoms with E-state index in [1.807, 2.05) is 0 Å². The molecule has 1 nitrogen and oxygen atoms in total. The number of hydrogen-bond donors (Lipinski definition) is 0. The second-order valence-corrected chi connectivity index (χ2v) is 2.55. The fraction of sp³-hybridized carbons (Fsp3) is 0.286. The van der Waals surface area contributed by atoms with E-state index in [-0.39, 0.29) is 12.3 Å². The molecular weight excluding hydrogens is 231 g/mol. The molecule has 0 atom stereocenters. The van der Waals surface area contributed by atoms with Crippen molar-refractivity contribution in [2.75, 3.05) is 0 Å². The van der Waals surface area contributed by atoms with Gasteiger partial charge in [-0.15, -0.1) is 0 Å². The topological polar surface area (TPSA) is 12.9 Å². The molecular formula is C7H2F7N. The Morgan fingerprint density at radius 3 is 1.80 bits per heavy atom. The molecule has 0 saturated carbocycles. The number of halogens is 7. The third-order valence-corrected chi connectivity index (χ3v) is 1.44. The van der Waals surface area contributed by atoms with Gasteiger partial charge in [-0.3, -0.25) is 0 Å². The second-order valence-electron chi connectivity index (χ2n) is 2.55. The second kappa shape index (κ2) is 3.35. The lowest BCUT2D eigenvalue weighted by molar-refractivity contribution is -0.146. The van der Waals surface area contributed by atoms with E-state index in [1.165, 1.54) is 0 Å². The first kappa shape index (κ1) is 11.7. The average molecular weight is 233 g/mol. The van der Waals surface area contributed by atoms with E-state index >= 15 is 0 Å². The molecule has 1 rings (SSSR count). The Morgan fingerprint density at radius 2 is 1.47 bits per heavy atom. The van der Waals surface area contributed by atoms with Gasteiger partial charge in [0.25, 0.3) is 0 Å². The zero-order chi connectivity index (χ0) is 11.9. The number of aromatic nitrogens is 1. The van der Waals surface area contributed by atoms with Crippen LogP contribution in [0.5, 0.6) is 0 Å². The van der Waals surface area contributed by atoms with Crippen molar-refractivity contribution in [1.29, 1.82) is 0 Å². The van der Waals surface area contributed by atoms with Crippen LogP contribution in [0.1, 0.15) is 11.3 Å². The van der Waals surface area contributed by atoms with Gasteiger partial charge in [-0.1, -0.05) is 0 Å². The van der Waals surface area contributed by atoms with Crippen molar-refractivity contribution < 1.29 is 30.7 Å². The molecule has 0 fully saturated rings. The van der Waals surface area contributed by atoms with Crippen LogP contribution in [0.25, 0.3) is 0 Å². The zero-order valence-electron chi connectivity index (χ0n) is 6.75. The van der Waals surface area contributed by atoms with Crippen molar-refractivity contribution in [1.82, 2.24) is 4.98 Å². The molecule has 0 aliphatic carbocycles. The Bertz CT molecular complexity index is 365. The van der Waals surface area contributed by atoms with Crippen LogP contribution < -0.4 is 0 Å². The predicted molar refractivity (Wildman–Crippen MR) is 34.2 cm³/mol. The molecule has 1 heterocycles. The van der Waals surface area contributed by atoms with Crippen LogP contribution in [0.15, 0.2) is 12.3 Å². The first-order valence-electron chi connectivity index (χ1n) is 3.42. The summed E-state index contributed by atoms with van der Waals surface area (Å²) in [5, 5.41) is 0. The summed E-state index contributed by atoms with van der Waals surface area (Å²) < 4.78 is 84.0. The minimum atomic E-state index is -5.10. The maximum absolute atomic E-state index is 12.6. The summed E-state index contributed by atoms with van der Waals surface area (Å²) in [6, 6.07) is -0.240. The van der Waals surface area contributed by atoms with Crippen molar-refractivity contribution in [2.45, 2.75) is 12.4 Å². The van der Waals surface area contributed by atoms with Crippen LogP contribution in [0.2, 0.25) is 0 Å². The number of pyridine rings is 1. The summed E-state index contributed by atoms with van der Waals surface area (Å²) >= 11 is 0. The third kappa shape index (κ3) is 2.57. The van der Waals surface area contributed by atoms with Gasteiger partial charge in [0, 0.05) is 6.20 Å². The molecule has 84 valence electrons. The van der Waals surface area contributed by atoms with Crippen LogP contribution >= 0.6 is 0 Å². The Labute approximate surface area is 78.5 Å². The van der Waals surface area contributed by atoms with Gasteiger partial charge in [-0.25, -0.2) is 9.37 Å². The van der Waals surface area contributed by atoms with E-state index in [0.717, 1.165) is 0 Å². The van der Waals surface area contributed by atoms with Crippen LogP contribution in [0.3, 0.4) is 0 Å². The number of hydrogen-bond acceptors (Lipinski definition) is 1. The molecule has 0 amide bonds. The van der Waals surface area contributed by atoms with E-state index in [0.29, 0.717) is 0 Å². The smallest absolute Gasteiger partial charge is 0.248 e. The minimum absolute atomic E-state index is 0.0636. The molecule has 0 spiro atoms. The third-order valence-electron chi connectivity index (χ3n) is 1.44. The minimum Gasteiger partial charge on any atom is -0.248 e. The Kier molecular flexibility index (Phi) is 2.62. The molecule has 0 radical (unpaired) electrons. The fourth-order valence-electron chi connectivity index (χ4n) is 0.802. The van der Waals surface area contributed by atoms with Gasteiger partial charge in [0.1, 0.15) is 0 Å². The van der Waals surface area contributed by atoms with E-state index in [9.17, 15) is 30.7 Å². The molecule has 0 bridgehead atoms. The maximum Gasteiger partial charge on any atom is 0.436 e. The van der Waals surface area contributed by atoms with E-state index in [2.05, 4.69) is 4.98 Å². The summed E-state index contributed by atoms with van der Waals surface area (Å²) in [6.07, 6.45) is -10.1. The summed E-state index contributed by atoms with van der Waals surface area (Å²) in [6.45, 7) is 0. The van der Waals surface area contributed by atoms with Crippen LogP contribution in [-0.4, -0.2) is 4.98 Å². The highest BCUT2D eigenvalue weighted by molar-refractivity contribution is 5.20. The highest BCUT2D eigenvalue weighted by Crippen LogP contribution is 2.33. The van der Waals surface area contributed by atoms with E-state index < -0.39 is 29.4 Å². The molecule has 0 aliphatic heterocycles. The monoisotopic (exact) mass is 233 g/mol. The SMILES string of the molecule is Fc1cc(C(F)(F)F)cnc1C(F)(F)F. The van der Waals surface area contributed by atoms with Gasteiger partial charge in [0.2, 0.25) is 0 Å². The summed E-state index contributed by atoms with van der Waals surface area (Å²) in [5.74, 6) is -2.04. The fourth-order valence-corrected chi connectivity index (χ4v) is 0.802. The van der Waals surface area contributed by atoms with E-state index in [1.54, 1.807) is 0 Å². The van der Waals surface area contributed by atoms with Crippen molar-refractivity contribution in [3.63, 3.8) is 0 Å². The molecule has 0 aromatic carbocycles. The highest BCUT2D eigenvalue weighted by atomic mass is 19.4. The van der Waals surface area contributed by atoms with Gasteiger partial charge in [-0.05, 0) is 6.07 Å². The lowest BCUT2D eigenvalue weighted by Crippen LogP contribution is -2.14. The van der Waals surface area contributed by atoms with Crippen LogP contribution in [0, 0.1) is 5.82 Å². The van der Waals surface area contributed by atoms with Crippen molar-refractivity contribution in [2.24, 2.45) is 0 Å². The molecule has 0 aliphatic rings. The molecule has 0 unspecified atom stereocenters. The quantitative estimate of drug-likeness (QED) is 0.626. The Hall–Kier alpha value is -1.34. The lowest BCUT2D eigenvalue weighted by Gasteiger charge is -2.09. The van der Waals surface area contributed by atoms with Crippen LogP contribution in [-0.2, 0) is 12.4 Å². The van der Waals surface area contributed by atoms with Gasteiger partial charge in [-0.2, -0.15) is 26.3 Å². The van der Waals surface area contributed by atoms with Crippen molar-refractivity contribution >= 4 is 0 Å². The first-order valence-corrected chi connectivity index (χ1v) is 3.42. The molecule has 0 saturated heterocycles. The average Bonchev–Trinajstić information content (AvgIpc) is 1.99. The first-order chi connectivity index (χ1) is 6.62. The van der Waals surface area contributed by atoms with Gasteiger partial charge in [0.15, 0.2) is 11.5 Å². The number of nitrogens with zero attached hydrogens (tertiary/aromatic N) is 1. The number of rotatable bonds is 0. The van der Waals surface area contributed by atoms with Crippen molar-refractivity contribution in [3.8, 4) is 0 Å². The van der Waals surface area contributed by atoms with Gasteiger partial charge in [0.05, 0.1) is 5.56 Å². The molecule has 0 N–H and O–H groups in total. The molecule has 15 heavy (non-hydrogen) atoms. The zero-order valence-corrected chi connectivity index (χ0v) is 6.75. The summed E-state index contributed by atoms with van der Waals surface area (Å²) in [5.41, 5.74) is -3.52. The largest absolute Gasteiger partial charge is 0.436 e. The van der Waals surface area contributed by atoms with Gasteiger partial charge < -0.3 is 0 Å². The van der Waals surface area contributed by atoms with Crippen LogP contribution in [0.4, 0.5) is 30.7 Å². The van der Waals surface area contributed by atoms with E-state index in [4.69, 9.17) is 0 Å². The highest BCUT2D eigenvalue weighted by Gasteiger charge is 2.38. The molecule has 1 aromatic rings. The normalized spacial score (nSPS) is 13.0. The summed E-state index contributed by atoms with van der Waals surface area (Å²) in [4.78, 5) is 2.40. The van der Waals surface area contributed by atoms with Crippen molar-refractivity contribution in [3.05, 3.63) is 29.3 Å². The lowest BCUT2D eigenvalue weighted by atomic mass is 10.2. The Balaban J connectivity index is 3.21. The Morgan fingerprint density at radius 1 is 0.933 bits per heavy atom. The number of alkyl halides is 6. The molecule has 8 heteroatoms. The van der Waals surface area contributed by atoms with Gasteiger partial charge >= 0.3 is 12.4 Å². The standard InChI is InChI=1S/C7H2F7N/c8-4-1-3(6(9,10)11)2-15-5(4)7(12,13)14/h1-2H. The predicted octanol–water partition coefficient (Wildman–Crippen LogP) is 3.26. The molecule has 1 aromatic heterocycles. The summed E-state index contributed by atoms with van der Waals surface area (Å²) in [7, 11) is 0. The maximum atomic E-state index is 12.6.